The molecule has 1 saturated heterocycles. The number of halogens is 1. The molecule has 136 valence electrons. The second-order valence-corrected chi connectivity index (χ2v) is 7.76. The zero-order chi connectivity index (χ0) is 17.4. The lowest BCUT2D eigenvalue weighted by Gasteiger charge is -2.25. The van der Waals surface area contributed by atoms with Gasteiger partial charge in [0.2, 0.25) is 0 Å². The van der Waals surface area contributed by atoms with E-state index in [0.717, 1.165) is 24.4 Å². The van der Waals surface area contributed by atoms with Crippen LogP contribution in [0.4, 0.5) is 0 Å². The van der Waals surface area contributed by atoms with E-state index in [1.54, 1.807) is 6.07 Å². The van der Waals surface area contributed by atoms with Crippen LogP contribution in [0.3, 0.4) is 0 Å². The molecular formula is C16H26ClN3O3S. The summed E-state index contributed by atoms with van der Waals surface area (Å²) < 4.78 is 6.16. The molecule has 2 rings (SSSR count). The molecule has 1 aliphatic rings. The van der Waals surface area contributed by atoms with Crippen LogP contribution in [0.25, 0.3) is 0 Å². The molecular weight excluding hydrogens is 350 g/mol. The highest BCUT2D eigenvalue weighted by atomic mass is 35.5. The molecule has 0 spiro atoms. The molecule has 0 radical (unpaired) electrons. The quantitative estimate of drug-likeness (QED) is 0.411. The summed E-state index contributed by atoms with van der Waals surface area (Å²) in [5.74, 6) is 0.656. The summed E-state index contributed by atoms with van der Waals surface area (Å²) >= 11 is 7.27. The highest BCUT2D eigenvalue weighted by Gasteiger charge is 2.34. The third kappa shape index (κ3) is 5.60. The predicted molar refractivity (Wildman–Crippen MR) is 97.8 cm³/mol. The Balaban J connectivity index is 1.92. The van der Waals surface area contributed by atoms with Crippen molar-refractivity contribution in [3.8, 4) is 0 Å². The Hall–Kier alpha value is -0.860. The Morgan fingerprint density at radius 2 is 2.33 bits per heavy atom. The molecule has 2 unspecified atom stereocenters. The van der Waals surface area contributed by atoms with Gasteiger partial charge in [0.05, 0.1) is 17.5 Å². The molecule has 2 heterocycles. The number of hydrogen-bond donors (Lipinski definition) is 4. The number of aliphatic hydroxyl groups is 2. The number of aliphatic hydroxyl groups excluding tert-OH is 2. The van der Waals surface area contributed by atoms with E-state index in [9.17, 15) is 10.2 Å². The molecule has 1 aromatic rings. The first kappa shape index (κ1) is 19.5. The normalized spacial score (nSPS) is 22.6. The molecule has 1 fully saturated rings. The van der Waals surface area contributed by atoms with Crippen LogP contribution >= 0.6 is 22.9 Å². The number of guanidine groups is 1. The van der Waals surface area contributed by atoms with Gasteiger partial charge in [-0.05, 0) is 31.9 Å². The summed E-state index contributed by atoms with van der Waals surface area (Å²) in [6.07, 6.45) is 0.964. The third-order valence-electron chi connectivity index (χ3n) is 4.13. The van der Waals surface area contributed by atoms with Crippen molar-refractivity contribution in [2.75, 3.05) is 39.5 Å². The molecule has 8 heteroatoms. The summed E-state index contributed by atoms with van der Waals surface area (Å²) in [4.78, 5) is 5.45. The molecule has 1 aliphatic heterocycles. The van der Waals surface area contributed by atoms with Crippen LogP contribution < -0.4 is 10.6 Å². The van der Waals surface area contributed by atoms with Crippen LogP contribution in [0.15, 0.2) is 17.1 Å². The molecule has 24 heavy (non-hydrogen) atoms. The Morgan fingerprint density at radius 3 is 2.92 bits per heavy atom. The lowest BCUT2D eigenvalue weighted by atomic mass is 9.84. The van der Waals surface area contributed by atoms with Gasteiger partial charge in [-0.3, -0.25) is 4.99 Å². The van der Waals surface area contributed by atoms with Gasteiger partial charge in [0.25, 0.3) is 0 Å². The van der Waals surface area contributed by atoms with E-state index in [-0.39, 0.29) is 12.0 Å². The van der Waals surface area contributed by atoms with E-state index in [0.29, 0.717) is 36.4 Å². The number of aliphatic imine (C=N–C) groups is 1. The molecule has 1 aromatic heterocycles. The first-order valence-corrected chi connectivity index (χ1v) is 9.42. The molecule has 4 N–H and O–H groups in total. The highest BCUT2D eigenvalue weighted by Crippen LogP contribution is 2.32. The van der Waals surface area contributed by atoms with Crippen molar-refractivity contribution in [1.82, 2.24) is 10.6 Å². The fraction of sp³-hybridized carbons (Fsp3) is 0.688. The maximum absolute atomic E-state index is 10.2. The van der Waals surface area contributed by atoms with Crippen molar-refractivity contribution in [3.05, 3.63) is 21.3 Å². The molecule has 0 aromatic carbocycles. The summed E-state index contributed by atoms with van der Waals surface area (Å²) in [6, 6.07) is 3.61. The Bertz CT molecular complexity index is 532. The van der Waals surface area contributed by atoms with Gasteiger partial charge in [-0.25, -0.2) is 0 Å². The zero-order valence-corrected chi connectivity index (χ0v) is 15.5. The Kier molecular flexibility index (Phi) is 7.77. The second kappa shape index (κ2) is 9.58. The van der Waals surface area contributed by atoms with E-state index >= 15 is 0 Å². The van der Waals surface area contributed by atoms with Crippen molar-refractivity contribution in [2.45, 2.75) is 25.9 Å². The summed E-state index contributed by atoms with van der Waals surface area (Å²) in [6.45, 7) is 5.16. The fourth-order valence-corrected chi connectivity index (χ4v) is 3.72. The highest BCUT2D eigenvalue weighted by molar-refractivity contribution is 7.16. The van der Waals surface area contributed by atoms with Crippen LogP contribution in [-0.4, -0.2) is 55.6 Å². The van der Waals surface area contributed by atoms with Crippen LogP contribution in [0, 0.1) is 5.41 Å². The maximum atomic E-state index is 10.2. The average molecular weight is 376 g/mol. The average Bonchev–Trinajstić information content (AvgIpc) is 3.20. The summed E-state index contributed by atoms with van der Waals surface area (Å²) in [5, 5.41) is 25.8. The van der Waals surface area contributed by atoms with E-state index in [1.165, 1.54) is 11.3 Å². The van der Waals surface area contributed by atoms with Crippen molar-refractivity contribution in [3.63, 3.8) is 0 Å². The standard InChI is InChI=1S/C16H26ClN3O3S/c1-2-18-15(19-9-12(22)13-3-4-14(17)24-13)20-10-16(5-7-21)6-8-23-11-16/h3-4,12,21-22H,2,5-11H2,1H3,(H2,18,19,20). The van der Waals surface area contributed by atoms with Crippen LogP contribution in [-0.2, 0) is 4.74 Å². The monoisotopic (exact) mass is 375 g/mol. The van der Waals surface area contributed by atoms with Gasteiger partial charge in [0, 0.05) is 36.6 Å². The number of nitrogens with zero attached hydrogens (tertiary/aromatic N) is 1. The van der Waals surface area contributed by atoms with Crippen LogP contribution in [0.1, 0.15) is 30.7 Å². The van der Waals surface area contributed by atoms with Crippen molar-refractivity contribution in [2.24, 2.45) is 10.4 Å². The smallest absolute Gasteiger partial charge is 0.191 e. The van der Waals surface area contributed by atoms with Crippen molar-refractivity contribution in [1.29, 1.82) is 0 Å². The SMILES string of the molecule is CCNC(=NCC1(CCO)CCOC1)NCC(O)c1ccc(Cl)s1. The van der Waals surface area contributed by atoms with E-state index in [4.69, 9.17) is 16.3 Å². The van der Waals surface area contributed by atoms with Gasteiger partial charge in [0.15, 0.2) is 5.96 Å². The van der Waals surface area contributed by atoms with Crippen LogP contribution in [0.2, 0.25) is 4.34 Å². The molecule has 0 bridgehead atoms. The number of thiophene rings is 1. The van der Waals surface area contributed by atoms with Gasteiger partial charge in [-0.15, -0.1) is 11.3 Å². The minimum absolute atomic E-state index is 0.0863. The van der Waals surface area contributed by atoms with Gasteiger partial charge in [-0.2, -0.15) is 0 Å². The van der Waals surface area contributed by atoms with Gasteiger partial charge in [-0.1, -0.05) is 11.6 Å². The molecule has 0 aliphatic carbocycles. The van der Waals surface area contributed by atoms with Crippen molar-refractivity contribution >= 4 is 28.9 Å². The molecule has 2 atom stereocenters. The van der Waals surface area contributed by atoms with E-state index in [1.807, 2.05) is 13.0 Å². The lowest BCUT2D eigenvalue weighted by Crippen LogP contribution is -2.40. The topological polar surface area (TPSA) is 86.1 Å². The minimum atomic E-state index is -0.632. The van der Waals surface area contributed by atoms with Gasteiger partial charge < -0.3 is 25.6 Å². The zero-order valence-electron chi connectivity index (χ0n) is 13.9. The third-order valence-corrected chi connectivity index (χ3v) is 5.46. The summed E-state index contributed by atoms with van der Waals surface area (Å²) in [7, 11) is 0. The molecule has 6 nitrogen and oxygen atoms in total. The first-order valence-electron chi connectivity index (χ1n) is 8.22. The van der Waals surface area contributed by atoms with Crippen LogP contribution in [0.5, 0.6) is 0 Å². The second-order valence-electron chi connectivity index (χ2n) is 6.01. The largest absolute Gasteiger partial charge is 0.396 e. The van der Waals surface area contributed by atoms with Crippen molar-refractivity contribution < 1.29 is 14.9 Å². The fourth-order valence-electron chi connectivity index (χ4n) is 2.68. The predicted octanol–water partition coefficient (Wildman–Crippen LogP) is 1.78. The Labute approximate surface area is 151 Å². The van der Waals surface area contributed by atoms with E-state index in [2.05, 4.69) is 15.6 Å². The number of nitrogens with one attached hydrogen (secondary N) is 2. The minimum Gasteiger partial charge on any atom is -0.396 e. The van der Waals surface area contributed by atoms with Gasteiger partial charge in [0.1, 0.15) is 6.10 Å². The molecule has 0 saturated carbocycles. The Morgan fingerprint density at radius 1 is 1.50 bits per heavy atom. The number of rotatable bonds is 8. The van der Waals surface area contributed by atoms with Gasteiger partial charge >= 0.3 is 0 Å². The first-order chi connectivity index (χ1) is 11.6. The molecule has 0 amide bonds. The maximum Gasteiger partial charge on any atom is 0.191 e. The van der Waals surface area contributed by atoms with E-state index < -0.39 is 6.10 Å². The number of hydrogen-bond acceptors (Lipinski definition) is 5. The summed E-state index contributed by atoms with van der Waals surface area (Å²) in [5.41, 5.74) is -0.0863. The lowest BCUT2D eigenvalue weighted by molar-refractivity contribution is 0.131. The number of ether oxygens (including phenoxy) is 1.